The maximum atomic E-state index is 12.7. The zero-order valence-electron chi connectivity index (χ0n) is 24.6. The molecule has 4 nitrogen and oxygen atoms in total. The molecule has 0 unspecified atom stereocenters. The molecule has 0 fully saturated rings. The van der Waals surface area contributed by atoms with Crippen molar-refractivity contribution in [2.24, 2.45) is 4.99 Å². The fourth-order valence-electron chi connectivity index (χ4n) is 4.67. The van der Waals surface area contributed by atoms with E-state index in [9.17, 15) is 4.79 Å². The van der Waals surface area contributed by atoms with Gasteiger partial charge < -0.3 is 9.16 Å². The second-order valence-corrected chi connectivity index (χ2v) is 22.4. The van der Waals surface area contributed by atoms with Gasteiger partial charge in [0.1, 0.15) is 0 Å². The topological polar surface area (TPSA) is 47.9 Å². The van der Waals surface area contributed by atoms with Gasteiger partial charge in [-0.25, -0.2) is 0 Å². The van der Waals surface area contributed by atoms with Crippen LogP contribution in [0.2, 0.25) is 30.7 Å². The van der Waals surface area contributed by atoms with Gasteiger partial charge in [-0.3, -0.25) is 9.79 Å². The number of carbonyl (C=O) groups excluding carboxylic acids is 1. The third-order valence-corrected chi connectivity index (χ3v) is 13.9. The summed E-state index contributed by atoms with van der Waals surface area (Å²) < 4.78 is 12.5. The Morgan fingerprint density at radius 3 is 2.00 bits per heavy atom. The highest BCUT2D eigenvalue weighted by atomic mass is 32.2. The monoisotopic (exact) mass is 569 g/mol. The predicted octanol–water partition coefficient (Wildman–Crippen LogP) is 6.93. The number of ether oxygens (including phenoxy) is 1. The molecule has 0 N–H and O–H groups in total. The van der Waals surface area contributed by atoms with Gasteiger partial charge in [-0.15, -0.1) is 11.8 Å². The van der Waals surface area contributed by atoms with Crippen molar-refractivity contribution in [3.05, 3.63) is 71.6 Å². The van der Waals surface area contributed by atoms with E-state index >= 15 is 0 Å². The molecule has 2 aromatic rings. The van der Waals surface area contributed by atoms with Crippen molar-refractivity contribution in [3.8, 4) is 0 Å². The van der Waals surface area contributed by atoms with E-state index in [1.807, 2.05) is 37.0 Å². The predicted molar refractivity (Wildman–Crippen MR) is 171 cm³/mol. The Morgan fingerprint density at radius 2 is 1.55 bits per heavy atom. The third kappa shape index (κ3) is 9.67. The summed E-state index contributed by atoms with van der Waals surface area (Å²) in [5.74, 6) is -0.262. The fourth-order valence-corrected chi connectivity index (χ4v) is 12.6. The minimum Gasteiger partial charge on any atom is -0.466 e. The lowest BCUT2D eigenvalue weighted by atomic mass is 10.2. The van der Waals surface area contributed by atoms with Crippen molar-refractivity contribution in [2.75, 3.05) is 19.4 Å². The molecule has 0 amide bonds. The quantitative estimate of drug-likeness (QED) is 0.107. The molecule has 0 saturated heterocycles. The molecule has 1 atom stereocenters. The van der Waals surface area contributed by atoms with Gasteiger partial charge in [0.15, 0.2) is 0 Å². The van der Waals surface area contributed by atoms with Crippen molar-refractivity contribution >= 4 is 50.7 Å². The molecule has 0 aliphatic carbocycles. The largest absolute Gasteiger partial charge is 0.466 e. The van der Waals surface area contributed by atoms with E-state index in [0.29, 0.717) is 13.2 Å². The number of rotatable bonds is 14. The van der Waals surface area contributed by atoms with Crippen LogP contribution in [0.3, 0.4) is 0 Å². The molecule has 38 heavy (non-hydrogen) atoms. The Hall–Kier alpha value is -1.94. The number of benzene rings is 2. The minimum atomic E-state index is -2.83. The Bertz CT molecular complexity index is 1000. The van der Waals surface area contributed by atoms with Crippen molar-refractivity contribution in [3.63, 3.8) is 0 Å². The lowest BCUT2D eigenvalue weighted by Gasteiger charge is -2.44. The van der Waals surface area contributed by atoms with Gasteiger partial charge >= 0.3 is 5.97 Å². The molecule has 7 heteroatoms. The highest BCUT2D eigenvalue weighted by Crippen LogP contribution is 2.37. The number of carbonyl (C=O) groups is 1. The van der Waals surface area contributed by atoms with Gasteiger partial charge in [-0.2, -0.15) is 0 Å². The van der Waals surface area contributed by atoms with E-state index in [0.717, 1.165) is 6.42 Å². The summed E-state index contributed by atoms with van der Waals surface area (Å²) in [7, 11) is -3.99. The smallest absolute Gasteiger partial charge is 0.308 e. The van der Waals surface area contributed by atoms with Crippen molar-refractivity contribution in [1.29, 1.82) is 0 Å². The molecular formula is C31H47NO3SSi2. The molecule has 2 rings (SSSR count). The molecule has 0 aliphatic rings. The van der Waals surface area contributed by atoms with Crippen LogP contribution >= 0.6 is 11.8 Å². The highest BCUT2D eigenvalue weighted by Gasteiger charge is 2.51. The van der Waals surface area contributed by atoms with Gasteiger partial charge in [0.05, 0.1) is 19.1 Å². The molecule has 0 saturated carbocycles. The van der Waals surface area contributed by atoms with Gasteiger partial charge in [-0.1, -0.05) is 107 Å². The van der Waals surface area contributed by atoms with E-state index < -0.39 is 22.5 Å². The SMILES string of the molecule is CCOC(=O)C[C@H](C=NCC/C=C(/C[Si](C)(C)C)SC)O[Si](c1ccccc1)(c1ccccc1)C(C)(C)C. The van der Waals surface area contributed by atoms with Gasteiger partial charge in [0, 0.05) is 20.8 Å². The second kappa shape index (κ2) is 15.0. The van der Waals surface area contributed by atoms with Crippen LogP contribution in [0.4, 0.5) is 0 Å². The number of hydrogen-bond donors (Lipinski definition) is 0. The maximum Gasteiger partial charge on any atom is 0.308 e. The lowest BCUT2D eigenvalue weighted by molar-refractivity contribution is -0.144. The van der Waals surface area contributed by atoms with Gasteiger partial charge in [0.2, 0.25) is 0 Å². The van der Waals surface area contributed by atoms with Crippen LogP contribution in [0.15, 0.2) is 76.6 Å². The number of allylic oxidation sites excluding steroid dienone is 1. The Labute approximate surface area is 237 Å². The number of hydrogen-bond acceptors (Lipinski definition) is 5. The van der Waals surface area contributed by atoms with Crippen molar-refractivity contribution in [1.82, 2.24) is 0 Å². The highest BCUT2D eigenvalue weighted by molar-refractivity contribution is 8.02. The normalized spacial score (nSPS) is 14.1. The van der Waals surface area contributed by atoms with Crippen LogP contribution in [0.25, 0.3) is 0 Å². The molecule has 0 bridgehead atoms. The molecule has 0 heterocycles. The first-order chi connectivity index (χ1) is 17.9. The number of thioether (sulfide) groups is 1. The average molecular weight is 570 g/mol. The third-order valence-electron chi connectivity index (χ3n) is 6.29. The molecular weight excluding hydrogens is 523 g/mol. The minimum absolute atomic E-state index is 0.142. The van der Waals surface area contributed by atoms with Crippen LogP contribution in [0.5, 0.6) is 0 Å². The van der Waals surface area contributed by atoms with Crippen molar-refractivity contribution < 1.29 is 14.0 Å². The van der Waals surface area contributed by atoms with E-state index in [2.05, 4.69) is 101 Å². The summed E-state index contributed by atoms with van der Waals surface area (Å²) in [6.07, 6.45) is 6.87. The zero-order chi connectivity index (χ0) is 28.2. The molecule has 208 valence electrons. The standard InChI is InChI=1S/C31H47NO3SSi2/c1-9-34-30(33)23-26(24-32-22-16-17-27(36-5)25-37(6,7)8)35-38(31(2,3)4,28-18-12-10-13-19-28)29-20-14-11-15-21-29/h10-15,17-21,24,26H,9,16,22-23,25H2,1-8H3/b27-17-,32-24?/t26-/m1/s1. The summed E-state index contributed by atoms with van der Waals surface area (Å²) in [4.78, 5) is 18.9. The van der Waals surface area contributed by atoms with E-state index in [-0.39, 0.29) is 17.4 Å². The van der Waals surface area contributed by atoms with E-state index in [1.54, 1.807) is 0 Å². The van der Waals surface area contributed by atoms with Crippen LogP contribution in [0.1, 0.15) is 40.5 Å². The molecule has 2 aromatic carbocycles. The molecule has 0 aromatic heterocycles. The van der Waals surface area contributed by atoms with Crippen LogP contribution in [-0.2, 0) is 14.0 Å². The summed E-state index contributed by atoms with van der Waals surface area (Å²) >= 11 is 1.84. The first-order valence-electron chi connectivity index (χ1n) is 13.6. The van der Waals surface area contributed by atoms with Crippen LogP contribution in [0, 0.1) is 0 Å². The van der Waals surface area contributed by atoms with Gasteiger partial charge in [0.25, 0.3) is 8.32 Å². The maximum absolute atomic E-state index is 12.7. The lowest BCUT2D eigenvalue weighted by Crippen LogP contribution is -2.68. The van der Waals surface area contributed by atoms with E-state index in [1.165, 1.54) is 21.3 Å². The molecule has 0 radical (unpaired) electrons. The fraction of sp³-hybridized carbons (Fsp3) is 0.484. The number of esters is 1. The Balaban J connectivity index is 2.42. The number of aliphatic imine (C=N–C) groups is 1. The molecule has 0 aliphatic heterocycles. The second-order valence-electron chi connectivity index (χ2n) is 11.8. The van der Waals surface area contributed by atoms with Crippen LogP contribution < -0.4 is 10.4 Å². The first kappa shape index (κ1) is 32.3. The summed E-state index contributed by atoms with van der Waals surface area (Å²) in [6.45, 7) is 16.8. The molecule has 0 spiro atoms. The van der Waals surface area contributed by atoms with Crippen LogP contribution in [-0.4, -0.2) is 54.1 Å². The Kier molecular flexibility index (Phi) is 12.7. The van der Waals surface area contributed by atoms with Crippen molar-refractivity contribution in [2.45, 2.75) is 77.4 Å². The summed E-state index contributed by atoms with van der Waals surface area (Å²) in [5.41, 5.74) is 0. The average Bonchev–Trinajstić information content (AvgIpc) is 2.85. The Morgan fingerprint density at radius 1 is 1.00 bits per heavy atom. The van der Waals surface area contributed by atoms with E-state index in [4.69, 9.17) is 14.2 Å². The summed E-state index contributed by atoms with van der Waals surface area (Å²) in [6, 6.07) is 22.2. The van der Waals surface area contributed by atoms with Gasteiger partial charge in [-0.05, 0) is 46.0 Å². The summed E-state index contributed by atoms with van der Waals surface area (Å²) in [5, 5.41) is 2.17. The zero-order valence-corrected chi connectivity index (χ0v) is 27.4. The first-order valence-corrected chi connectivity index (χ1v) is 20.4. The number of nitrogens with zero attached hydrogens (tertiary/aromatic N) is 1.